The van der Waals surface area contributed by atoms with Gasteiger partial charge in [-0.2, -0.15) is 8.42 Å². The first kappa shape index (κ1) is 15.9. The average Bonchev–Trinajstić information content (AvgIpc) is 2.15. The first-order valence-corrected chi connectivity index (χ1v) is 5.08. The van der Waals surface area contributed by atoms with E-state index in [9.17, 15) is 28.6 Å². The van der Waals surface area contributed by atoms with E-state index in [0.29, 0.717) is 12.1 Å². The molecular weight excluding hydrogens is 451 g/mol. The molecule has 0 heterocycles. The van der Waals surface area contributed by atoms with Gasteiger partial charge in [-0.1, -0.05) is 0 Å². The number of nitrogens with zero attached hydrogens (tertiary/aromatic N) is 2. The van der Waals surface area contributed by atoms with E-state index in [4.69, 9.17) is 4.55 Å². The zero-order chi connectivity index (χ0) is 12.5. The second kappa shape index (κ2) is 5.46. The van der Waals surface area contributed by atoms with Crippen LogP contribution in [0.1, 0.15) is 0 Å². The summed E-state index contributed by atoms with van der Waals surface area (Å²) >= 11 is 0. The zero-order valence-corrected chi connectivity index (χ0v) is 12.6. The minimum absolute atomic E-state index is 0. The van der Waals surface area contributed by atoms with E-state index in [1.54, 1.807) is 0 Å². The fourth-order valence-electron chi connectivity index (χ4n) is 0.980. The van der Waals surface area contributed by atoms with Crippen molar-refractivity contribution in [3.8, 4) is 0 Å². The molecule has 1 N–H and O–H groups in total. The maximum atomic E-state index is 10.7. The fourth-order valence-corrected chi connectivity index (χ4v) is 1.62. The van der Waals surface area contributed by atoms with Crippen LogP contribution in [0.3, 0.4) is 0 Å². The van der Waals surface area contributed by atoms with Crippen molar-refractivity contribution in [1.29, 1.82) is 0 Å². The van der Waals surface area contributed by atoms with Gasteiger partial charge in [0, 0.05) is 33.4 Å². The van der Waals surface area contributed by atoms with Gasteiger partial charge in [-0.15, -0.1) is 0 Å². The second-order valence-electron chi connectivity index (χ2n) is 2.64. The Bertz CT molecular complexity index is 570. The molecule has 0 atom stereocenters. The topological polar surface area (TPSA) is 141 Å². The molecule has 0 aromatic heterocycles. The van der Waals surface area contributed by atoms with E-state index >= 15 is 0 Å². The Morgan fingerprint density at radius 2 is 1.65 bits per heavy atom. The number of non-ortho nitro benzene ring substituents is 1. The minimum Gasteiger partial charge on any atom is -0.282 e. The third-order valence-electron chi connectivity index (χ3n) is 1.63. The SMILES string of the molecule is O=[N+]([O-])c1ccc(S(=O)(=O)O)c([N+](=O)[O-])c1.[Pb]. The van der Waals surface area contributed by atoms with Gasteiger partial charge in [-0.3, -0.25) is 24.8 Å². The predicted octanol–water partition coefficient (Wildman–Crippen LogP) is 0.369. The summed E-state index contributed by atoms with van der Waals surface area (Å²) in [6.45, 7) is 0. The molecule has 0 saturated carbocycles. The molecule has 0 unspecified atom stereocenters. The third kappa shape index (κ3) is 3.67. The fraction of sp³-hybridized carbons (Fsp3) is 0. The van der Waals surface area contributed by atoms with Crippen molar-refractivity contribution in [2.75, 3.05) is 0 Å². The molecular formula is C6H4N2O7PbS. The minimum atomic E-state index is -4.79. The third-order valence-corrected chi connectivity index (χ3v) is 2.53. The Morgan fingerprint density at radius 1 is 1.12 bits per heavy atom. The van der Waals surface area contributed by atoms with Gasteiger partial charge >= 0.3 is 10.1 Å². The van der Waals surface area contributed by atoms with E-state index in [2.05, 4.69) is 0 Å². The van der Waals surface area contributed by atoms with Crippen molar-refractivity contribution in [2.24, 2.45) is 0 Å². The van der Waals surface area contributed by atoms with Gasteiger partial charge in [0.1, 0.15) is 0 Å². The Labute approximate surface area is 115 Å². The van der Waals surface area contributed by atoms with Crippen LogP contribution in [-0.2, 0) is 10.1 Å². The molecule has 0 saturated heterocycles. The number of hydrogen-bond donors (Lipinski definition) is 1. The van der Waals surface area contributed by atoms with Crippen molar-refractivity contribution in [2.45, 2.75) is 4.90 Å². The van der Waals surface area contributed by atoms with Crippen molar-refractivity contribution < 1.29 is 22.8 Å². The van der Waals surface area contributed by atoms with E-state index in [1.165, 1.54) is 0 Å². The molecule has 1 aromatic carbocycles. The molecule has 1 aromatic rings. The van der Waals surface area contributed by atoms with Crippen LogP contribution in [0.15, 0.2) is 23.1 Å². The van der Waals surface area contributed by atoms with Crippen molar-refractivity contribution in [3.63, 3.8) is 0 Å². The van der Waals surface area contributed by atoms with E-state index in [-0.39, 0.29) is 27.3 Å². The molecule has 0 aliphatic rings. The van der Waals surface area contributed by atoms with Crippen molar-refractivity contribution in [1.82, 2.24) is 0 Å². The van der Waals surface area contributed by atoms with Crippen LogP contribution in [-0.4, -0.2) is 50.1 Å². The van der Waals surface area contributed by atoms with Gasteiger partial charge in [0.2, 0.25) is 0 Å². The molecule has 0 bridgehead atoms. The van der Waals surface area contributed by atoms with Crippen LogP contribution in [0.25, 0.3) is 0 Å². The number of nitro benzene ring substituents is 2. The normalized spacial score (nSPS) is 10.4. The Hall–Kier alpha value is -1.15. The Kier molecular flexibility index (Phi) is 5.09. The quantitative estimate of drug-likeness (QED) is 0.300. The van der Waals surface area contributed by atoms with Crippen LogP contribution < -0.4 is 0 Å². The maximum absolute atomic E-state index is 10.7. The first-order valence-electron chi connectivity index (χ1n) is 3.64. The number of rotatable bonds is 3. The largest absolute Gasteiger partial charge is 0.301 e. The zero-order valence-electron chi connectivity index (χ0n) is 7.93. The molecule has 11 heteroatoms. The second-order valence-corrected chi connectivity index (χ2v) is 4.03. The van der Waals surface area contributed by atoms with Crippen molar-refractivity contribution in [3.05, 3.63) is 38.4 Å². The first-order chi connectivity index (χ1) is 7.23. The summed E-state index contributed by atoms with van der Waals surface area (Å²) in [4.78, 5) is 17.7. The summed E-state index contributed by atoms with van der Waals surface area (Å²) in [6, 6.07) is 1.81. The molecule has 9 nitrogen and oxygen atoms in total. The summed E-state index contributed by atoms with van der Waals surface area (Å²) in [5, 5.41) is 20.8. The average molecular weight is 455 g/mol. The monoisotopic (exact) mass is 456 g/mol. The molecule has 0 aliphatic heterocycles. The molecule has 0 amide bonds. The van der Waals surface area contributed by atoms with Crippen LogP contribution in [0.5, 0.6) is 0 Å². The van der Waals surface area contributed by atoms with E-state index in [1.807, 2.05) is 0 Å². The van der Waals surface area contributed by atoms with Gasteiger partial charge in [-0.25, -0.2) is 0 Å². The van der Waals surface area contributed by atoms with Gasteiger partial charge in [0.15, 0.2) is 4.90 Å². The summed E-state index contributed by atoms with van der Waals surface area (Å²) in [5.41, 5.74) is -1.68. The molecule has 0 aliphatic carbocycles. The molecule has 0 fully saturated rings. The molecule has 90 valence electrons. The molecule has 4 radical (unpaired) electrons. The van der Waals surface area contributed by atoms with Gasteiger partial charge < -0.3 is 0 Å². The summed E-state index contributed by atoms with van der Waals surface area (Å²) in [6.07, 6.45) is 0. The van der Waals surface area contributed by atoms with Gasteiger partial charge in [0.05, 0.1) is 15.9 Å². The summed E-state index contributed by atoms with van der Waals surface area (Å²) < 4.78 is 30.1. The van der Waals surface area contributed by atoms with Gasteiger partial charge in [0.25, 0.3) is 11.4 Å². The number of nitro groups is 2. The standard InChI is InChI=1S/C6H4N2O7S.Pb/c9-7(10)4-1-2-6(16(13,14)15)5(3-4)8(11)12;/h1-3H,(H,13,14,15);. The van der Waals surface area contributed by atoms with Crippen LogP contribution in [0.2, 0.25) is 0 Å². The predicted molar refractivity (Wildman–Crippen MR) is 55.3 cm³/mol. The van der Waals surface area contributed by atoms with Crippen LogP contribution in [0.4, 0.5) is 11.4 Å². The van der Waals surface area contributed by atoms with Crippen molar-refractivity contribution >= 4 is 48.8 Å². The number of benzene rings is 1. The molecule has 17 heavy (non-hydrogen) atoms. The van der Waals surface area contributed by atoms with Crippen LogP contribution in [0, 0.1) is 20.2 Å². The summed E-state index contributed by atoms with van der Waals surface area (Å²) in [7, 11) is -4.79. The Morgan fingerprint density at radius 3 is 2.00 bits per heavy atom. The molecule has 0 spiro atoms. The van der Waals surface area contributed by atoms with Gasteiger partial charge in [-0.05, 0) is 6.07 Å². The molecule has 1 rings (SSSR count). The number of hydrogen-bond acceptors (Lipinski definition) is 6. The van der Waals surface area contributed by atoms with Crippen LogP contribution >= 0.6 is 0 Å². The smallest absolute Gasteiger partial charge is 0.282 e. The maximum Gasteiger partial charge on any atom is 0.301 e. The van der Waals surface area contributed by atoms with E-state index < -0.39 is 36.2 Å². The van der Waals surface area contributed by atoms with E-state index in [0.717, 1.165) is 6.07 Å². The Balaban J connectivity index is 0.00000256. The summed E-state index contributed by atoms with van der Waals surface area (Å²) in [5.74, 6) is 0.